The first-order valence-electron chi connectivity index (χ1n) is 5.58. The Morgan fingerprint density at radius 1 is 1.19 bits per heavy atom. The predicted molar refractivity (Wildman–Crippen MR) is 65.7 cm³/mol. The highest BCUT2D eigenvalue weighted by Crippen LogP contribution is 2.32. The smallest absolute Gasteiger partial charge is 0.416 e. The number of alkyl halides is 3. The molecule has 1 aromatic carbocycles. The van der Waals surface area contributed by atoms with Crippen LogP contribution in [0.3, 0.4) is 0 Å². The minimum absolute atomic E-state index is 0.0147. The van der Waals surface area contributed by atoms with Crippen LogP contribution in [0.15, 0.2) is 47.6 Å². The average Bonchev–Trinajstić information content (AvgIpc) is 2.37. The number of aromatic nitrogens is 1. The first-order chi connectivity index (χ1) is 9.68. The Kier molecular flexibility index (Phi) is 3.88. The van der Waals surface area contributed by atoms with Gasteiger partial charge in [0.25, 0.3) is 0 Å². The maximum atomic E-state index is 12.6. The van der Waals surface area contributed by atoms with Crippen LogP contribution < -0.4 is 10.3 Å². The first-order valence-corrected chi connectivity index (χ1v) is 6.99. The molecule has 0 bridgehead atoms. The van der Waals surface area contributed by atoms with Crippen molar-refractivity contribution in [1.29, 1.82) is 0 Å². The van der Waals surface area contributed by atoms with Gasteiger partial charge in [-0.2, -0.15) is 13.2 Å². The Morgan fingerprint density at radius 3 is 2.52 bits per heavy atom. The lowest BCUT2D eigenvalue weighted by Crippen LogP contribution is -2.10. The maximum Gasteiger partial charge on any atom is 0.416 e. The number of anilines is 2. The molecule has 0 fully saturated rings. The van der Waals surface area contributed by atoms with Crippen molar-refractivity contribution >= 4 is 21.5 Å². The van der Waals surface area contributed by atoms with Crippen LogP contribution in [0.2, 0.25) is 0 Å². The molecule has 1 heterocycles. The van der Waals surface area contributed by atoms with E-state index in [1.54, 1.807) is 0 Å². The van der Waals surface area contributed by atoms with Crippen molar-refractivity contribution in [2.45, 2.75) is 11.1 Å². The summed E-state index contributed by atoms with van der Waals surface area (Å²) in [7, 11) is -4.76. The molecular weight excluding hydrogens is 309 g/mol. The third kappa shape index (κ3) is 3.70. The second-order valence-electron chi connectivity index (χ2n) is 4.08. The van der Waals surface area contributed by atoms with Crippen LogP contribution in [0.25, 0.3) is 0 Å². The van der Waals surface area contributed by atoms with Gasteiger partial charge in [0.15, 0.2) is 12.4 Å². The van der Waals surface area contributed by atoms with Gasteiger partial charge in [0, 0.05) is 11.8 Å². The van der Waals surface area contributed by atoms with Gasteiger partial charge in [0.2, 0.25) is 0 Å². The van der Waals surface area contributed by atoms with E-state index in [1.165, 1.54) is 24.4 Å². The number of aromatic amines is 1. The van der Waals surface area contributed by atoms with Gasteiger partial charge in [0.05, 0.1) is 11.3 Å². The second kappa shape index (κ2) is 5.34. The summed E-state index contributed by atoms with van der Waals surface area (Å²) in [4.78, 5) is 1.85. The number of pyridine rings is 1. The van der Waals surface area contributed by atoms with E-state index in [0.717, 1.165) is 18.3 Å². The number of hydrogen-bond acceptors (Lipinski definition) is 4. The van der Waals surface area contributed by atoms with E-state index in [-0.39, 0.29) is 11.4 Å². The SMILES string of the molecule is O=S(=O)([O-])c1c[nH+]ccc1Nc1cccc(C(F)(F)F)c1. The van der Waals surface area contributed by atoms with E-state index in [9.17, 15) is 26.1 Å². The summed E-state index contributed by atoms with van der Waals surface area (Å²) in [5.41, 5.74) is -0.981. The Morgan fingerprint density at radius 2 is 1.90 bits per heavy atom. The van der Waals surface area contributed by atoms with Crippen molar-refractivity contribution in [3.63, 3.8) is 0 Å². The quantitative estimate of drug-likeness (QED) is 0.879. The third-order valence-electron chi connectivity index (χ3n) is 2.56. The lowest BCUT2D eigenvalue weighted by molar-refractivity contribution is -0.380. The highest BCUT2D eigenvalue weighted by atomic mass is 32.2. The fourth-order valence-corrected chi connectivity index (χ4v) is 2.25. The zero-order chi connectivity index (χ0) is 15.7. The van der Waals surface area contributed by atoms with Crippen molar-refractivity contribution in [2.75, 3.05) is 5.32 Å². The minimum atomic E-state index is -4.76. The van der Waals surface area contributed by atoms with Gasteiger partial charge in [-0.3, -0.25) is 0 Å². The molecule has 0 aliphatic carbocycles. The normalized spacial score (nSPS) is 12.2. The monoisotopic (exact) mass is 318 g/mol. The molecule has 0 atom stereocenters. The molecule has 112 valence electrons. The molecule has 0 spiro atoms. The molecule has 0 radical (unpaired) electrons. The van der Waals surface area contributed by atoms with Gasteiger partial charge < -0.3 is 9.87 Å². The van der Waals surface area contributed by atoms with Crippen LogP contribution in [0.4, 0.5) is 24.5 Å². The Bertz CT molecular complexity index is 760. The van der Waals surface area contributed by atoms with E-state index in [1.807, 2.05) is 0 Å². The highest BCUT2D eigenvalue weighted by Gasteiger charge is 2.30. The predicted octanol–water partition coefficient (Wildman–Crippen LogP) is 2.17. The fraction of sp³-hybridized carbons (Fsp3) is 0.0833. The van der Waals surface area contributed by atoms with E-state index in [2.05, 4.69) is 10.3 Å². The molecule has 0 aliphatic rings. The number of nitrogens with one attached hydrogen (secondary N) is 2. The zero-order valence-corrected chi connectivity index (χ0v) is 11.1. The van der Waals surface area contributed by atoms with Gasteiger partial charge in [-0.1, -0.05) is 6.07 Å². The zero-order valence-electron chi connectivity index (χ0n) is 10.3. The Labute approximate surface area is 118 Å². The number of benzene rings is 1. The minimum Gasteiger partial charge on any atom is -0.744 e. The lowest BCUT2D eigenvalue weighted by Gasteiger charge is -2.13. The van der Waals surface area contributed by atoms with Crippen LogP contribution in [0.1, 0.15) is 5.56 Å². The lowest BCUT2D eigenvalue weighted by atomic mass is 10.2. The molecule has 21 heavy (non-hydrogen) atoms. The van der Waals surface area contributed by atoms with Crippen molar-refractivity contribution in [1.82, 2.24) is 0 Å². The number of halogens is 3. The summed E-state index contributed by atoms with van der Waals surface area (Å²) < 4.78 is 71.0. The summed E-state index contributed by atoms with van der Waals surface area (Å²) >= 11 is 0. The molecule has 2 N–H and O–H groups in total. The summed E-state index contributed by atoms with van der Waals surface area (Å²) in [6.45, 7) is 0. The summed E-state index contributed by atoms with van der Waals surface area (Å²) in [6, 6.07) is 5.44. The summed E-state index contributed by atoms with van der Waals surface area (Å²) in [5, 5.41) is 2.49. The summed E-state index contributed by atoms with van der Waals surface area (Å²) in [6.07, 6.45) is -2.22. The van der Waals surface area contributed by atoms with E-state index >= 15 is 0 Å². The molecule has 5 nitrogen and oxygen atoms in total. The van der Waals surface area contributed by atoms with Crippen molar-refractivity contribution in [3.05, 3.63) is 48.3 Å². The molecule has 0 saturated heterocycles. The van der Waals surface area contributed by atoms with Crippen LogP contribution in [0, 0.1) is 0 Å². The maximum absolute atomic E-state index is 12.6. The molecule has 0 saturated carbocycles. The summed E-state index contributed by atoms with van der Waals surface area (Å²) in [5.74, 6) is 0. The second-order valence-corrected chi connectivity index (χ2v) is 5.43. The van der Waals surface area contributed by atoms with Crippen LogP contribution in [0.5, 0.6) is 0 Å². The molecular formula is C12H9F3N2O3S. The number of hydrogen-bond donors (Lipinski definition) is 1. The van der Waals surface area contributed by atoms with Crippen LogP contribution >= 0.6 is 0 Å². The van der Waals surface area contributed by atoms with Gasteiger partial charge in [0.1, 0.15) is 15.0 Å². The highest BCUT2D eigenvalue weighted by molar-refractivity contribution is 7.85. The van der Waals surface area contributed by atoms with Crippen LogP contribution in [-0.4, -0.2) is 13.0 Å². The van der Waals surface area contributed by atoms with E-state index < -0.39 is 26.8 Å². The van der Waals surface area contributed by atoms with Gasteiger partial charge in [-0.15, -0.1) is 0 Å². The molecule has 0 amide bonds. The number of H-pyrrole nitrogens is 1. The molecule has 2 rings (SSSR count). The molecule has 0 aliphatic heterocycles. The first kappa shape index (κ1) is 15.3. The largest absolute Gasteiger partial charge is 0.744 e. The van der Waals surface area contributed by atoms with E-state index in [0.29, 0.717) is 0 Å². The van der Waals surface area contributed by atoms with Crippen molar-refractivity contribution < 1.29 is 31.1 Å². The topological polar surface area (TPSA) is 83.4 Å². The standard InChI is InChI=1S/C12H9F3N2O3S/c13-12(14,15)8-2-1-3-9(6-8)17-10-4-5-16-7-11(10)21(18,19)20/h1-7H,(H,16,17)(H,18,19,20). The average molecular weight is 318 g/mol. The van der Waals surface area contributed by atoms with Gasteiger partial charge >= 0.3 is 6.18 Å². The van der Waals surface area contributed by atoms with Crippen LogP contribution in [-0.2, 0) is 16.3 Å². The molecule has 0 unspecified atom stereocenters. The Balaban J connectivity index is 2.40. The fourth-order valence-electron chi connectivity index (χ4n) is 1.65. The number of rotatable bonds is 3. The Hall–Kier alpha value is -2.13. The molecule has 1 aromatic heterocycles. The molecule has 9 heteroatoms. The van der Waals surface area contributed by atoms with Gasteiger partial charge in [-0.25, -0.2) is 13.4 Å². The van der Waals surface area contributed by atoms with E-state index in [4.69, 9.17) is 0 Å². The third-order valence-corrected chi connectivity index (χ3v) is 3.44. The molecule has 2 aromatic rings. The van der Waals surface area contributed by atoms with Crippen molar-refractivity contribution in [2.24, 2.45) is 0 Å². The van der Waals surface area contributed by atoms with Crippen molar-refractivity contribution in [3.8, 4) is 0 Å². The van der Waals surface area contributed by atoms with Gasteiger partial charge in [-0.05, 0) is 18.2 Å².